The number of likely N-dealkylation sites (tertiary alicyclic amines) is 1. The Morgan fingerprint density at radius 2 is 2.20 bits per heavy atom. The lowest BCUT2D eigenvalue weighted by Crippen LogP contribution is -2.31. The molecule has 1 atom stereocenters. The van der Waals surface area contributed by atoms with E-state index in [4.69, 9.17) is 11.6 Å². The Morgan fingerprint density at radius 1 is 1.40 bits per heavy atom. The molecule has 0 bridgehead atoms. The smallest absolute Gasteiger partial charge is 0.222 e. The van der Waals surface area contributed by atoms with E-state index in [1.807, 2.05) is 4.90 Å². The van der Waals surface area contributed by atoms with Gasteiger partial charge in [0.15, 0.2) is 0 Å². The molecule has 1 unspecified atom stereocenters. The van der Waals surface area contributed by atoms with Gasteiger partial charge in [-0.3, -0.25) is 4.79 Å². The fourth-order valence-corrected chi connectivity index (χ4v) is 2.33. The normalized spacial score (nSPS) is 22.5. The Morgan fingerprint density at radius 3 is 2.87 bits per heavy atom. The summed E-state index contributed by atoms with van der Waals surface area (Å²) in [7, 11) is 0. The van der Waals surface area contributed by atoms with E-state index in [0.717, 1.165) is 25.4 Å². The highest BCUT2D eigenvalue weighted by atomic mass is 35.5. The molecule has 88 valence electrons. The molecule has 2 nitrogen and oxygen atoms in total. The predicted octanol–water partition coefficient (Wildman–Crippen LogP) is 3.04. The highest BCUT2D eigenvalue weighted by Crippen LogP contribution is 2.20. The van der Waals surface area contributed by atoms with Crippen LogP contribution in [0, 0.1) is 5.92 Å². The minimum absolute atomic E-state index is 0.299. The number of carbonyl (C=O) groups excluding carboxylic acids is 1. The van der Waals surface area contributed by atoms with Gasteiger partial charge in [-0.25, -0.2) is 0 Å². The van der Waals surface area contributed by atoms with Gasteiger partial charge in [0, 0.05) is 25.4 Å². The molecule has 0 spiro atoms. The zero-order valence-corrected chi connectivity index (χ0v) is 10.4. The average molecular weight is 232 g/mol. The highest BCUT2D eigenvalue weighted by Gasteiger charge is 2.18. The topological polar surface area (TPSA) is 20.3 Å². The first-order valence-corrected chi connectivity index (χ1v) is 6.65. The summed E-state index contributed by atoms with van der Waals surface area (Å²) in [5.74, 6) is 1.72. The first-order valence-electron chi connectivity index (χ1n) is 6.11. The van der Waals surface area contributed by atoms with Gasteiger partial charge in [-0.2, -0.15) is 0 Å². The molecule has 0 N–H and O–H groups in total. The minimum Gasteiger partial charge on any atom is -0.343 e. The molecule has 1 rings (SSSR count). The van der Waals surface area contributed by atoms with Crippen molar-refractivity contribution >= 4 is 17.5 Å². The van der Waals surface area contributed by atoms with Gasteiger partial charge in [-0.15, -0.1) is 11.6 Å². The van der Waals surface area contributed by atoms with E-state index < -0.39 is 0 Å². The third-order valence-electron chi connectivity index (χ3n) is 3.30. The van der Waals surface area contributed by atoms with E-state index in [0.29, 0.717) is 18.2 Å². The van der Waals surface area contributed by atoms with Crippen LogP contribution in [0.3, 0.4) is 0 Å². The van der Waals surface area contributed by atoms with Crippen LogP contribution in [0.2, 0.25) is 0 Å². The van der Waals surface area contributed by atoms with Crippen molar-refractivity contribution in [3.8, 4) is 0 Å². The molecule has 0 radical (unpaired) electrons. The molecule has 1 saturated heterocycles. The monoisotopic (exact) mass is 231 g/mol. The molecule has 3 heteroatoms. The fraction of sp³-hybridized carbons (Fsp3) is 0.917. The molecule has 0 aromatic heterocycles. The van der Waals surface area contributed by atoms with Crippen LogP contribution in [-0.2, 0) is 4.79 Å². The van der Waals surface area contributed by atoms with E-state index in [1.54, 1.807) is 0 Å². The average Bonchev–Trinajstić information content (AvgIpc) is 2.50. The second-order valence-electron chi connectivity index (χ2n) is 4.38. The zero-order valence-electron chi connectivity index (χ0n) is 9.67. The minimum atomic E-state index is 0.299. The number of halogens is 1. The molecule has 1 heterocycles. The summed E-state index contributed by atoms with van der Waals surface area (Å²) >= 11 is 5.59. The molecule has 1 amide bonds. The number of hydrogen-bond acceptors (Lipinski definition) is 1. The first kappa shape index (κ1) is 12.8. The van der Waals surface area contributed by atoms with E-state index in [2.05, 4.69) is 6.92 Å². The number of hydrogen-bond donors (Lipinski definition) is 0. The molecule has 1 aliphatic rings. The van der Waals surface area contributed by atoms with Crippen LogP contribution in [-0.4, -0.2) is 29.8 Å². The zero-order chi connectivity index (χ0) is 11.1. The van der Waals surface area contributed by atoms with Crippen LogP contribution in [0.15, 0.2) is 0 Å². The van der Waals surface area contributed by atoms with Gasteiger partial charge in [-0.05, 0) is 31.6 Å². The van der Waals surface area contributed by atoms with Gasteiger partial charge >= 0.3 is 0 Å². The van der Waals surface area contributed by atoms with Crippen molar-refractivity contribution in [2.45, 2.75) is 45.4 Å². The lowest BCUT2D eigenvalue weighted by Gasteiger charge is -2.20. The predicted molar refractivity (Wildman–Crippen MR) is 64.2 cm³/mol. The van der Waals surface area contributed by atoms with E-state index >= 15 is 0 Å². The molecule has 0 aromatic carbocycles. The molecular formula is C12H22ClNO. The van der Waals surface area contributed by atoms with Gasteiger partial charge in [0.05, 0.1) is 0 Å². The number of nitrogens with zero attached hydrogens (tertiary/aromatic N) is 1. The van der Waals surface area contributed by atoms with Crippen molar-refractivity contribution in [3.05, 3.63) is 0 Å². The molecule has 15 heavy (non-hydrogen) atoms. The van der Waals surface area contributed by atoms with Gasteiger partial charge in [0.1, 0.15) is 0 Å². The highest BCUT2D eigenvalue weighted by molar-refractivity contribution is 6.17. The van der Waals surface area contributed by atoms with Crippen LogP contribution in [0.1, 0.15) is 45.4 Å². The van der Waals surface area contributed by atoms with Gasteiger partial charge in [0.2, 0.25) is 5.91 Å². The maximum Gasteiger partial charge on any atom is 0.222 e. The summed E-state index contributed by atoms with van der Waals surface area (Å²) in [6, 6.07) is 0. The number of amides is 1. The summed E-state index contributed by atoms with van der Waals surface area (Å²) in [6.45, 7) is 4.16. The van der Waals surface area contributed by atoms with Gasteiger partial charge < -0.3 is 4.90 Å². The van der Waals surface area contributed by atoms with Crippen molar-refractivity contribution < 1.29 is 4.79 Å². The lowest BCUT2D eigenvalue weighted by atomic mass is 9.98. The van der Waals surface area contributed by atoms with Crippen molar-refractivity contribution in [2.75, 3.05) is 19.0 Å². The van der Waals surface area contributed by atoms with E-state index in [9.17, 15) is 4.79 Å². The maximum atomic E-state index is 11.8. The third-order valence-corrected chi connectivity index (χ3v) is 3.57. The third kappa shape index (κ3) is 4.42. The summed E-state index contributed by atoms with van der Waals surface area (Å²) in [5, 5.41) is 0. The van der Waals surface area contributed by atoms with Crippen LogP contribution >= 0.6 is 11.6 Å². The Bertz CT molecular complexity index is 196. The molecular weight excluding hydrogens is 210 g/mol. The quantitative estimate of drug-likeness (QED) is 0.681. The number of alkyl halides is 1. The van der Waals surface area contributed by atoms with Crippen LogP contribution in [0.5, 0.6) is 0 Å². The largest absolute Gasteiger partial charge is 0.343 e. The molecule has 1 fully saturated rings. The second kappa shape index (κ2) is 7.10. The van der Waals surface area contributed by atoms with Crippen LogP contribution in [0.4, 0.5) is 0 Å². The molecule has 1 aliphatic heterocycles. The first-order chi connectivity index (χ1) is 7.27. The van der Waals surface area contributed by atoms with Crippen molar-refractivity contribution in [1.29, 1.82) is 0 Å². The SMILES string of the molecule is CCC1CCCN(C(=O)CCCCl)CC1. The molecule has 0 aliphatic carbocycles. The van der Waals surface area contributed by atoms with Gasteiger partial charge in [-0.1, -0.05) is 13.3 Å². The molecule has 0 aromatic rings. The summed E-state index contributed by atoms with van der Waals surface area (Å²) < 4.78 is 0. The van der Waals surface area contributed by atoms with E-state index in [1.165, 1.54) is 25.7 Å². The maximum absolute atomic E-state index is 11.8. The standard InChI is InChI=1S/C12H22ClNO/c1-2-11-5-4-9-14(10-7-11)12(15)6-3-8-13/h11H,2-10H2,1H3. The summed E-state index contributed by atoms with van der Waals surface area (Å²) in [5.41, 5.74) is 0. The van der Waals surface area contributed by atoms with Crippen LogP contribution < -0.4 is 0 Å². The Balaban J connectivity index is 2.32. The Hall–Kier alpha value is -0.240. The lowest BCUT2D eigenvalue weighted by molar-refractivity contribution is -0.131. The fourth-order valence-electron chi connectivity index (χ4n) is 2.20. The molecule has 0 saturated carbocycles. The number of rotatable bonds is 4. The van der Waals surface area contributed by atoms with Crippen LogP contribution in [0.25, 0.3) is 0 Å². The Labute approximate surface area is 98.0 Å². The summed E-state index contributed by atoms with van der Waals surface area (Å²) in [6.07, 6.45) is 6.34. The van der Waals surface area contributed by atoms with E-state index in [-0.39, 0.29) is 0 Å². The Kier molecular flexibility index (Phi) is 6.07. The van der Waals surface area contributed by atoms with Gasteiger partial charge in [0.25, 0.3) is 0 Å². The van der Waals surface area contributed by atoms with Crippen molar-refractivity contribution in [1.82, 2.24) is 4.90 Å². The summed E-state index contributed by atoms with van der Waals surface area (Å²) in [4.78, 5) is 13.8. The van der Waals surface area contributed by atoms with Crippen molar-refractivity contribution in [3.63, 3.8) is 0 Å². The van der Waals surface area contributed by atoms with Crippen molar-refractivity contribution in [2.24, 2.45) is 5.92 Å². The second-order valence-corrected chi connectivity index (χ2v) is 4.76. The number of carbonyl (C=O) groups is 1.